The smallest absolute Gasteiger partial charge is 0.407 e. The van der Waals surface area contributed by atoms with E-state index >= 15 is 0 Å². The second-order valence-electron chi connectivity index (χ2n) is 4.68. The highest BCUT2D eigenvalue weighted by atomic mass is 79.9. The third-order valence-corrected chi connectivity index (χ3v) is 4.14. The zero-order chi connectivity index (χ0) is 13.4. The summed E-state index contributed by atoms with van der Waals surface area (Å²) in [4.78, 5) is 16.8. The monoisotopic (exact) mass is 324 g/mol. The van der Waals surface area contributed by atoms with Crippen molar-refractivity contribution in [2.45, 2.75) is 18.8 Å². The van der Waals surface area contributed by atoms with Crippen molar-refractivity contribution in [3.05, 3.63) is 28.6 Å². The molecule has 1 amide bonds. The summed E-state index contributed by atoms with van der Waals surface area (Å²) in [6.07, 6.45) is 0.673. The Labute approximate surface area is 118 Å². The Balaban J connectivity index is 1.82. The van der Waals surface area contributed by atoms with E-state index in [2.05, 4.69) is 20.9 Å². The summed E-state index contributed by atoms with van der Waals surface area (Å²) in [5.41, 5.74) is 1.60. The van der Waals surface area contributed by atoms with Gasteiger partial charge in [-0.25, -0.2) is 9.78 Å². The number of aromatic nitrogens is 1. The van der Waals surface area contributed by atoms with E-state index in [1.807, 2.05) is 18.2 Å². The third-order valence-electron chi connectivity index (χ3n) is 3.50. The van der Waals surface area contributed by atoms with Gasteiger partial charge in [-0.1, -0.05) is 6.07 Å². The number of oxazole rings is 1. The van der Waals surface area contributed by atoms with Crippen LogP contribution in [0, 0.1) is 0 Å². The highest BCUT2D eigenvalue weighted by Gasteiger charge is 2.26. The minimum absolute atomic E-state index is 0.204. The lowest BCUT2D eigenvalue weighted by Crippen LogP contribution is -2.36. The number of carbonyl (C=O) groups is 1. The lowest BCUT2D eigenvalue weighted by Gasteiger charge is -2.28. The van der Waals surface area contributed by atoms with Gasteiger partial charge in [0.25, 0.3) is 0 Å². The van der Waals surface area contributed by atoms with Gasteiger partial charge in [-0.2, -0.15) is 0 Å². The van der Waals surface area contributed by atoms with Crippen LogP contribution in [0.2, 0.25) is 0 Å². The van der Waals surface area contributed by atoms with Gasteiger partial charge in [0.2, 0.25) is 0 Å². The second kappa shape index (κ2) is 4.85. The lowest BCUT2D eigenvalue weighted by molar-refractivity contribution is 0.129. The van der Waals surface area contributed by atoms with Gasteiger partial charge in [-0.3, -0.25) is 0 Å². The number of rotatable bonds is 1. The molecule has 0 saturated carbocycles. The molecule has 0 aliphatic carbocycles. The predicted octanol–water partition coefficient (Wildman–Crippen LogP) is 3.45. The summed E-state index contributed by atoms with van der Waals surface area (Å²) < 4.78 is 6.70. The number of nitrogens with zero attached hydrogens (tertiary/aromatic N) is 2. The molecule has 0 unspecified atom stereocenters. The minimum atomic E-state index is -0.848. The van der Waals surface area contributed by atoms with Crippen molar-refractivity contribution >= 4 is 33.1 Å². The van der Waals surface area contributed by atoms with Gasteiger partial charge in [0.15, 0.2) is 11.5 Å². The fraction of sp³-hybridized carbons (Fsp3) is 0.385. The molecule has 5 nitrogen and oxygen atoms in total. The Morgan fingerprint density at radius 3 is 2.79 bits per heavy atom. The quantitative estimate of drug-likeness (QED) is 0.872. The second-order valence-corrected chi connectivity index (χ2v) is 5.54. The number of para-hydroxylation sites is 1. The molecule has 19 heavy (non-hydrogen) atoms. The van der Waals surface area contributed by atoms with Gasteiger partial charge in [0.1, 0.15) is 5.52 Å². The predicted molar refractivity (Wildman–Crippen MR) is 73.3 cm³/mol. The number of piperidine rings is 1. The fourth-order valence-electron chi connectivity index (χ4n) is 2.42. The molecule has 2 heterocycles. The van der Waals surface area contributed by atoms with Crippen molar-refractivity contribution in [2.75, 3.05) is 13.1 Å². The topological polar surface area (TPSA) is 66.6 Å². The van der Waals surface area contributed by atoms with Crippen LogP contribution in [0.15, 0.2) is 27.1 Å². The van der Waals surface area contributed by atoms with Crippen molar-refractivity contribution < 1.29 is 14.3 Å². The first-order chi connectivity index (χ1) is 9.15. The molecule has 2 aromatic rings. The summed E-state index contributed by atoms with van der Waals surface area (Å²) >= 11 is 3.45. The minimum Gasteiger partial charge on any atom is -0.465 e. The van der Waals surface area contributed by atoms with Gasteiger partial charge in [0, 0.05) is 23.5 Å². The molecular weight excluding hydrogens is 312 g/mol. The normalized spacial score (nSPS) is 17.0. The Hall–Kier alpha value is -1.56. The van der Waals surface area contributed by atoms with Crippen LogP contribution in [0.3, 0.4) is 0 Å². The van der Waals surface area contributed by atoms with Crippen LogP contribution >= 0.6 is 15.9 Å². The van der Waals surface area contributed by atoms with E-state index in [1.54, 1.807) is 0 Å². The van der Waals surface area contributed by atoms with Crippen LogP contribution < -0.4 is 0 Å². The molecule has 100 valence electrons. The summed E-state index contributed by atoms with van der Waals surface area (Å²) in [5.74, 6) is 0.918. The van der Waals surface area contributed by atoms with Crippen LogP contribution in [0.1, 0.15) is 24.7 Å². The van der Waals surface area contributed by atoms with Crippen molar-refractivity contribution in [3.8, 4) is 0 Å². The number of likely N-dealkylation sites (tertiary alicyclic amines) is 1. The Morgan fingerprint density at radius 1 is 1.42 bits per heavy atom. The average Bonchev–Trinajstić information content (AvgIpc) is 2.84. The molecule has 1 saturated heterocycles. The van der Waals surface area contributed by atoms with Crippen molar-refractivity contribution in [1.82, 2.24) is 9.88 Å². The molecule has 1 N–H and O–H groups in total. The summed E-state index contributed by atoms with van der Waals surface area (Å²) in [7, 11) is 0. The van der Waals surface area contributed by atoms with E-state index in [0.717, 1.165) is 28.4 Å². The first-order valence-electron chi connectivity index (χ1n) is 6.18. The molecule has 6 heteroatoms. The number of carboxylic acid groups (broad SMARTS) is 1. The molecule has 0 atom stereocenters. The molecule has 1 aromatic heterocycles. The van der Waals surface area contributed by atoms with Crippen molar-refractivity contribution in [2.24, 2.45) is 0 Å². The lowest BCUT2D eigenvalue weighted by atomic mass is 9.97. The molecular formula is C13H13BrN2O3. The number of hydrogen-bond donors (Lipinski definition) is 1. The van der Waals surface area contributed by atoms with Crippen LogP contribution in [0.25, 0.3) is 11.1 Å². The van der Waals surface area contributed by atoms with Gasteiger partial charge in [-0.15, -0.1) is 0 Å². The van der Waals surface area contributed by atoms with Gasteiger partial charge < -0.3 is 14.4 Å². The summed E-state index contributed by atoms with van der Waals surface area (Å²) in [5, 5.41) is 8.93. The maximum absolute atomic E-state index is 10.9. The maximum atomic E-state index is 10.9. The zero-order valence-corrected chi connectivity index (χ0v) is 11.8. The van der Waals surface area contributed by atoms with E-state index in [0.29, 0.717) is 19.0 Å². The molecule has 0 bridgehead atoms. The standard InChI is InChI=1S/C13H13BrN2O3/c14-9-2-1-3-10-11(9)15-12(19-10)8-4-6-16(7-5-8)13(17)18/h1-3,8H,4-7H2,(H,17,18). The van der Waals surface area contributed by atoms with Crippen LogP contribution in [0.4, 0.5) is 4.79 Å². The van der Waals surface area contributed by atoms with Crippen LogP contribution in [-0.4, -0.2) is 34.2 Å². The largest absolute Gasteiger partial charge is 0.465 e. The number of benzene rings is 1. The van der Waals surface area contributed by atoms with E-state index in [1.165, 1.54) is 4.90 Å². The number of halogens is 1. The third kappa shape index (κ3) is 2.32. The highest BCUT2D eigenvalue weighted by molar-refractivity contribution is 9.10. The number of fused-ring (bicyclic) bond motifs is 1. The molecule has 3 rings (SSSR count). The molecule has 0 radical (unpaired) electrons. The average molecular weight is 325 g/mol. The van der Waals surface area contributed by atoms with E-state index in [4.69, 9.17) is 9.52 Å². The van der Waals surface area contributed by atoms with Crippen LogP contribution in [-0.2, 0) is 0 Å². The first-order valence-corrected chi connectivity index (χ1v) is 6.97. The first kappa shape index (κ1) is 12.5. The van der Waals surface area contributed by atoms with Gasteiger partial charge in [-0.05, 0) is 40.9 Å². The molecule has 1 aliphatic rings. The maximum Gasteiger partial charge on any atom is 0.407 e. The van der Waals surface area contributed by atoms with E-state index < -0.39 is 6.09 Å². The van der Waals surface area contributed by atoms with Gasteiger partial charge in [0.05, 0.1) is 0 Å². The number of amides is 1. The van der Waals surface area contributed by atoms with Crippen molar-refractivity contribution in [3.63, 3.8) is 0 Å². The highest BCUT2D eigenvalue weighted by Crippen LogP contribution is 2.32. The molecule has 1 fully saturated rings. The van der Waals surface area contributed by atoms with Gasteiger partial charge >= 0.3 is 6.09 Å². The fourth-order valence-corrected chi connectivity index (χ4v) is 2.86. The Bertz CT molecular complexity index is 617. The van der Waals surface area contributed by atoms with E-state index in [9.17, 15) is 4.79 Å². The molecule has 1 aliphatic heterocycles. The SMILES string of the molecule is O=C(O)N1CCC(c2nc3c(Br)cccc3o2)CC1. The summed E-state index contributed by atoms with van der Waals surface area (Å²) in [6.45, 7) is 1.08. The Morgan fingerprint density at radius 2 is 2.16 bits per heavy atom. The molecule has 0 spiro atoms. The zero-order valence-electron chi connectivity index (χ0n) is 10.2. The van der Waals surface area contributed by atoms with Crippen molar-refractivity contribution in [1.29, 1.82) is 0 Å². The Kier molecular flexibility index (Phi) is 3.18. The van der Waals surface area contributed by atoms with Crippen LogP contribution in [0.5, 0.6) is 0 Å². The number of hydrogen-bond acceptors (Lipinski definition) is 3. The summed E-state index contributed by atoms with van der Waals surface area (Å²) in [6, 6.07) is 5.74. The molecule has 1 aromatic carbocycles. The van der Waals surface area contributed by atoms with E-state index in [-0.39, 0.29) is 5.92 Å².